The Kier molecular flexibility index (Phi) is 27.7. The van der Waals surface area contributed by atoms with E-state index in [1.807, 2.05) is 53.6 Å². The molecule has 6 rings (SSSR count). The molecule has 0 aromatic rings. The molecule has 6 aliphatic rings. The summed E-state index contributed by atoms with van der Waals surface area (Å²) in [6.45, 7) is 17.7. The van der Waals surface area contributed by atoms with E-state index in [1.54, 1.807) is 39.5 Å². The monoisotopic (exact) mass is 1300 g/mol. The number of unbranched alkanes of at least 4 members (excludes halogenated alkanes) is 4. The Morgan fingerprint density at radius 1 is 0.747 bits per heavy atom. The van der Waals surface area contributed by atoms with Crippen LogP contribution in [0.5, 0.6) is 0 Å². The van der Waals surface area contributed by atoms with Crippen LogP contribution in [0.4, 0.5) is 25.2 Å². The normalized spacial score (nSPS) is 39.2. The summed E-state index contributed by atoms with van der Waals surface area (Å²) in [5, 5.41) is 60.1. The molecule has 15 nitrogen and oxygen atoms in total. The van der Waals surface area contributed by atoms with Crippen LogP contribution in [0, 0.1) is 23.2 Å². The number of aliphatic hydroxyl groups excluding tert-OH is 4. The van der Waals surface area contributed by atoms with Crippen LogP contribution in [0.3, 0.4) is 0 Å². The number of esters is 1. The van der Waals surface area contributed by atoms with Crippen LogP contribution in [-0.2, 0) is 38.0 Å². The van der Waals surface area contributed by atoms with Crippen LogP contribution in [0.15, 0.2) is 0 Å². The maximum atomic E-state index is 14.9. The van der Waals surface area contributed by atoms with Crippen molar-refractivity contribution in [1.82, 2.24) is 9.80 Å². The number of methoxy groups -OCH3 is 1. The van der Waals surface area contributed by atoms with Crippen molar-refractivity contribution >= 4 is 26.9 Å². The fraction of sp³-hybridized carbons (Fsp3) is 0.969. The predicted octanol–water partition coefficient (Wildman–Crippen LogP) is 13.8. The Hall–Kier alpha value is -1.06. The Balaban J connectivity index is 0.00000185. The summed E-state index contributed by atoms with van der Waals surface area (Å²) in [6.07, 6.45) is 20.0. The van der Waals surface area contributed by atoms with Crippen molar-refractivity contribution in [3.8, 4) is 0 Å². The number of ether oxygens (including phenoxy) is 6. The van der Waals surface area contributed by atoms with Gasteiger partial charge in [-0.1, -0.05) is 59.8 Å². The standard InChI is InChI=1S/C64H118N2O13P.F6P/c1-14-52-62(8,41-67)57(70)46(6)66(53(68)35-27-16-15-17-28-36-80(48-29-21-18-22-30-48,49-31-23-19-24-32-49)50-33-25-20-26-34-50)40-42(2)38-63(9,73)59(79-61-55(69)51(65(11)12)37-43(3)75-61)44(4)56(45(5)60(72)77-52)78-54-39-64(10,74-13)58(71)47(7)76-54;1-7(2,3,4,5)6/h42-52,54-59,61,67,69-71,73H,14-41H2,1-13H3;/q+1;-1/t42-,43-,44+,45-,46-,47+,51+,52-,54+,55-,56+,57-,58+,59-,61+,62-,63-,64-;/m1./s1. The molecular weight excluding hydrogens is 1180 g/mol. The zero-order valence-electron chi connectivity index (χ0n) is 55.2. The molecule has 23 heteroatoms. The quantitative estimate of drug-likeness (QED) is 0.0354. The van der Waals surface area contributed by atoms with Crippen LogP contribution in [0.25, 0.3) is 0 Å². The van der Waals surface area contributed by atoms with Crippen molar-refractivity contribution in [2.75, 3.05) is 40.5 Å². The topological polar surface area (TPSA) is 197 Å². The molecule has 1 amide bonds. The molecule has 6 fully saturated rings. The van der Waals surface area contributed by atoms with Gasteiger partial charge in [0.1, 0.15) is 18.3 Å². The van der Waals surface area contributed by atoms with Crippen molar-refractivity contribution < 1.29 is 88.7 Å². The van der Waals surface area contributed by atoms with Gasteiger partial charge in [0, 0.05) is 45.7 Å². The maximum absolute atomic E-state index is 14.9. The van der Waals surface area contributed by atoms with Crippen molar-refractivity contribution in [2.24, 2.45) is 23.2 Å². The molecule has 3 aliphatic carbocycles. The SMILES string of the molecule is CC[C@H]1OC(=O)[C@H](C)[C@@H](O[C@H]2C[C@@](C)(OC)[C@@H](O)[C@H](C)O2)[C@H](C)[C@@H](O[C@@H]2O[C@H](C)C[C@H](N(C)C)[C@H]2O)[C@](C)(O)C[C@@H](C)CN(C(=O)CCCCCCC[P+](C2CCCCC2)(C2CCCCC2)C2CCCCC2)[C@H](C)[C@@H](O)[C@]1(C)CO.F[P-](F)(F)(F)(F)F. The molecule has 0 aromatic heterocycles. The second-order valence-electron chi connectivity index (χ2n) is 28.8. The third kappa shape index (κ3) is 21.2. The Labute approximate surface area is 518 Å². The van der Waals surface area contributed by atoms with Gasteiger partial charge in [-0.3, -0.25) is 9.59 Å². The van der Waals surface area contributed by atoms with Gasteiger partial charge in [-0.05, 0) is 177 Å². The average Bonchev–Trinajstić information content (AvgIpc) is 1.35. The van der Waals surface area contributed by atoms with Crippen LogP contribution < -0.4 is 0 Å². The average molecular weight is 1300 g/mol. The Morgan fingerprint density at radius 3 is 1.74 bits per heavy atom. The molecule has 0 radical (unpaired) electrons. The molecule has 0 spiro atoms. The number of amides is 1. The van der Waals surface area contributed by atoms with E-state index >= 15 is 0 Å². The number of hydrogen-bond donors (Lipinski definition) is 5. The summed E-state index contributed by atoms with van der Waals surface area (Å²) in [5.41, 5.74) is -1.17. The van der Waals surface area contributed by atoms with Crippen molar-refractivity contribution in [3.05, 3.63) is 0 Å². The zero-order chi connectivity index (χ0) is 65.2. The number of aliphatic hydroxyl groups is 5. The summed E-state index contributed by atoms with van der Waals surface area (Å²) in [5.74, 6) is -2.98. The van der Waals surface area contributed by atoms with E-state index in [1.165, 1.54) is 122 Å². The molecule has 87 heavy (non-hydrogen) atoms. The Morgan fingerprint density at radius 2 is 1.25 bits per heavy atom. The van der Waals surface area contributed by atoms with Gasteiger partial charge < -0.3 is 63.8 Å². The van der Waals surface area contributed by atoms with Crippen molar-refractivity contribution in [1.29, 1.82) is 0 Å². The van der Waals surface area contributed by atoms with Crippen LogP contribution in [0.2, 0.25) is 0 Å². The van der Waals surface area contributed by atoms with E-state index in [2.05, 4.69) is 0 Å². The van der Waals surface area contributed by atoms with Gasteiger partial charge in [0.05, 0.1) is 88.8 Å². The van der Waals surface area contributed by atoms with E-state index in [4.69, 9.17) is 28.4 Å². The number of rotatable bonds is 19. The van der Waals surface area contributed by atoms with Gasteiger partial charge in [0.25, 0.3) is 0 Å². The Bertz CT molecular complexity index is 2050. The third-order valence-corrected chi connectivity index (χ3v) is 28.2. The molecule has 3 saturated heterocycles. The number of carbonyl (C=O) groups is 2. The number of nitrogens with zero attached hydrogens (tertiary/aromatic N) is 2. The fourth-order valence-electron chi connectivity index (χ4n) is 16.6. The van der Waals surface area contributed by atoms with Gasteiger partial charge in [-0.25, -0.2) is 0 Å². The van der Waals surface area contributed by atoms with E-state index in [0.717, 1.165) is 36.2 Å². The summed E-state index contributed by atoms with van der Waals surface area (Å²) in [4.78, 5) is 33.5. The van der Waals surface area contributed by atoms with Crippen LogP contribution >= 0.6 is 15.1 Å². The van der Waals surface area contributed by atoms with Gasteiger partial charge in [-0.15, -0.1) is 0 Å². The summed E-state index contributed by atoms with van der Waals surface area (Å²) < 4.78 is 97.9. The minimum absolute atomic E-state index is 0.102. The third-order valence-electron chi connectivity index (χ3n) is 21.4. The molecule has 3 aliphatic heterocycles. The first-order valence-corrected chi connectivity index (χ1v) is 37.7. The number of carbonyl (C=O) groups excluding carboxylic acids is 2. The number of hydrogen-bond acceptors (Lipinski definition) is 14. The summed E-state index contributed by atoms with van der Waals surface area (Å²) >= 11 is 0. The number of halogens is 6. The zero-order valence-corrected chi connectivity index (χ0v) is 57.0. The van der Waals surface area contributed by atoms with E-state index in [9.17, 15) is 60.3 Å². The van der Waals surface area contributed by atoms with Gasteiger partial charge in [-0.2, -0.15) is 0 Å². The molecule has 0 unspecified atom stereocenters. The summed E-state index contributed by atoms with van der Waals surface area (Å²) in [7, 11) is -6.48. The van der Waals surface area contributed by atoms with E-state index in [-0.39, 0.29) is 49.8 Å². The first-order chi connectivity index (χ1) is 40.3. The van der Waals surface area contributed by atoms with Crippen LogP contribution in [-0.4, -0.2) is 189 Å². The number of cyclic esters (lactones) is 1. The first-order valence-electron chi connectivity index (χ1n) is 33.5. The predicted molar refractivity (Wildman–Crippen MR) is 332 cm³/mol. The van der Waals surface area contributed by atoms with Gasteiger partial charge in [0.15, 0.2) is 12.6 Å². The summed E-state index contributed by atoms with van der Waals surface area (Å²) in [6, 6.07) is -1.11. The molecule has 5 N–H and O–H groups in total. The van der Waals surface area contributed by atoms with Crippen molar-refractivity contribution in [2.45, 2.75) is 331 Å². The molecular formula is C64H118F6N2O13P2. The number of likely N-dealkylation sites (N-methyl/N-ethyl adjacent to an activating group) is 1. The fourth-order valence-corrected chi connectivity index (χ4v) is 24.3. The van der Waals surface area contributed by atoms with E-state index < -0.39 is 117 Å². The molecule has 0 aromatic carbocycles. The van der Waals surface area contributed by atoms with Crippen molar-refractivity contribution in [3.63, 3.8) is 0 Å². The molecule has 514 valence electrons. The second kappa shape index (κ2) is 31.5. The van der Waals surface area contributed by atoms with E-state index in [0.29, 0.717) is 12.8 Å². The molecule has 0 bridgehead atoms. The minimum atomic E-state index is -10.7. The van der Waals surface area contributed by atoms with Gasteiger partial charge >= 0.3 is 39.0 Å². The molecule has 18 atom stereocenters. The molecule has 3 saturated carbocycles. The molecule has 3 heterocycles. The first kappa shape index (κ1) is 76.7. The second-order valence-corrected chi connectivity index (χ2v) is 35.3. The van der Waals surface area contributed by atoms with Crippen LogP contribution in [0.1, 0.15) is 230 Å². The van der Waals surface area contributed by atoms with Gasteiger partial charge in [0.2, 0.25) is 5.91 Å².